The highest BCUT2D eigenvalue weighted by Gasteiger charge is 2.35. The van der Waals surface area contributed by atoms with Gasteiger partial charge in [0.05, 0.1) is 30.9 Å². The summed E-state index contributed by atoms with van der Waals surface area (Å²) >= 11 is 6.12. The Morgan fingerprint density at radius 3 is 2.53 bits per heavy atom. The molecular weight excluding hydrogens is 454 g/mol. The van der Waals surface area contributed by atoms with E-state index < -0.39 is 6.10 Å². The largest absolute Gasteiger partial charge is 0.387 e. The second kappa shape index (κ2) is 10.2. The number of carbonyl (C=O) groups excluding carboxylic acids is 1. The number of aliphatic hydroxyl groups excluding tert-OH is 1. The molecule has 0 unspecified atom stereocenters. The highest BCUT2D eigenvalue weighted by molar-refractivity contribution is 6.30. The fourth-order valence-corrected chi connectivity index (χ4v) is 5.50. The molecule has 5 rings (SSSR count). The molecule has 8 nitrogen and oxygen atoms in total. The van der Waals surface area contributed by atoms with Gasteiger partial charge >= 0.3 is 0 Å². The van der Waals surface area contributed by atoms with Crippen LogP contribution in [0.5, 0.6) is 0 Å². The van der Waals surface area contributed by atoms with Gasteiger partial charge < -0.3 is 19.6 Å². The molecule has 2 aromatic rings. The van der Waals surface area contributed by atoms with E-state index >= 15 is 0 Å². The van der Waals surface area contributed by atoms with Gasteiger partial charge in [-0.25, -0.2) is 9.97 Å². The highest BCUT2D eigenvalue weighted by Crippen LogP contribution is 2.42. The van der Waals surface area contributed by atoms with Gasteiger partial charge in [0, 0.05) is 56.4 Å². The quantitative estimate of drug-likeness (QED) is 0.696. The zero-order valence-electron chi connectivity index (χ0n) is 19.6. The first-order valence-electron chi connectivity index (χ1n) is 12.1. The van der Waals surface area contributed by atoms with Crippen molar-refractivity contribution in [2.24, 2.45) is 0 Å². The van der Waals surface area contributed by atoms with Gasteiger partial charge in [-0.15, -0.1) is 0 Å². The Labute approximate surface area is 205 Å². The van der Waals surface area contributed by atoms with Gasteiger partial charge in [-0.2, -0.15) is 0 Å². The van der Waals surface area contributed by atoms with E-state index in [0.29, 0.717) is 57.4 Å². The van der Waals surface area contributed by atoms with Crippen molar-refractivity contribution in [2.45, 2.75) is 31.3 Å². The molecule has 0 spiro atoms. The summed E-state index contributed by atoms with van der Waals surface area (Å²) in [5.41, 5.74) is 2.81. The van der Waals surface area contributed by atoms with Gasteiger partial charge in [0.2, 0.25) is 5.91 Å². The predicted octanol–water partition coefficient (Wildman–Crippen LogP) is 2.44. The number of rotatable bonds is 5. The monoisotopic (exact) mass is 485 g/mol. The Morgan fingerprint density at radius 2 is 1.82 bits per heavy atom. The summed E-state index contributed by atoms with van der Waals surface area (Å²) < 4.78 is 5.49. The molecule has 9 heteroatoms. The molecule has 0 saturated carbocycles. The van der Waals surface area contributed by atoms with Crippen LogP contribution >= 0.6 is 11.6 Å². The molecule has 2 fully saturated rings. The van der Waals surface area contributed by atoms with Crippen molar-refractivity contribution < 1.29 is 14.6 Å². The van der Waals surface area contributed by atoms with Crippen LogP contribution in [0.2, 0.25) is 5.02 Å². The number of benzene rings is 1. The Morgan fingerprint density at radius 1 is 1.12 bits per heavy atom. The topological polar surface area (TPSA) is 82.0 Å². The number of piperazine rings is 1. The molecular formula is C25H32ClN5O3. The maximum Gasteiger partial charge on any atom is 0.231 e. The third-order valence-electron chi connectivity index (χ3n) is 7.28. The number of aromatic nitrogens is 2. The average molecular weight is 486 g/mol. The van der Waals surface area contributed by atoms with Crippen LogP contribution in [0.1, 0.15) is 48.1 Å². The van der Waals surface area contributed by atoms with E-state index in [2.05, 4.69) is 26.7 Å². The van der Waals surface area contributed by atoms with E-state index in [4.69, 9.17) is 16.3 Å². The van der Waals surface area contributed by atoms with Crippen LogP contribution in [-0.2, 0) is 9.53 Å². The van der Waals surface area contributed by atoms with Crippen molar-refractivity contribution in [3.63, 3.8) is 0 Å². The van der Waals surface area contributed by atoms with E-state index in [1.807, 2.05) is 29.2 Å². The van der Waals surface area contributed by atoms with Gasteiger partial charge in [0.25, 0.3) is 0 Å². The minimum absolute atomic E-state index is 0.158. The summed E-state index contributed by atoms with van der Waals surface area (Å²) in [6, 6.07) is 7.66. The molecule has 3 heterocycles. The summed E-state index contributed by atoms with van der Waals surface area (Å²) in [5, 5.41) is 11.0. The Bertz CT molecular complexity index is 1010. The zero-order valence-corrected chi connectivity index (χ0v) is 20.3. The fourth-order valence-electron chi connectivity index (χ4n) is 5.38. The van der Waals surface area contributed by atoms with Crippen molar-refractivity contribution in [1.29, 1.82) is 0 Å². The van der Waals surface area contributed by atoms with Gasteiger partial charge in [0.1, 0.15) is 12.1 Å². The van der Waals surface area contributed by atoms with Crippen molar-refractivity contribution in [3.8, 4) is 0 Å². The van der Waals surface area contributed by atoms with Gasteiger partial charge in [0.15, 0.2) is 0 Å². The third kappa shape index (κ3) is 4.77. The summed E-state index contributed by atoms with van der Waals surface area (Å²) in [7, 11) is 0. The first-order valence-corrected chi connectivity index (χ1v) is 12.5. The molecule has 3 atom stereocenters. The standard InChI is InChI=1S/C25H32ClN5O3/c1-17-14-21(32)23-22(17)24(28-16-27-23)30-6-8-31(9-7-30)25(33)20(15-29-10-12-34-13-11-29)18-2-4-19(26)5-3-18/h2-5,16-17,20-21,32H,6-15H2,1H3/t17-,20+,21-/m1/s1. The number of anilines is 1. The number of ether oxygens (including phenoxy) is 1. The molecule has 2 aliphatic heterocycles. The van der Waals surface area contributed by atoms with Crippen LogP contribution in [0.3, 0.4) is 0 Å². The van der Waals surface area contributed by atoms with Gasteiger partial charge in [-0.05, 0) is 30.0 Å². The van der Waals surface area contributed by atoms with Crippen molar-refractivity contribution >= 4 is 23.3 Å². The van der Waals surface area contributed by atoms with E-state index in [1.165, 1.54) is 0 Å². The molecule has 2 saturated heterocycles. The van der Waals surface area contributed by atoms with Crippen molar-refractivity contribution in [3.05, 3.63) is 52.4 Å². The first kappa shape index (κ1) is 23.5. The number of nitrogens with zero attached hydrogens (tertiary/aromatic N) is 5. The fraction of sp³-hybridized carbons (Fsp3) is 0.560. The van der Waals surface area contributed by atoms with Gasteiger partial charge in [-0.3, -0.25) is 9.69 Å². The molecule has 1 N–H and O–H groups in total. The van der Waals surface area contributed by atoms with Crippen LogP contribution < -0.4 is 4.90 Å². The van der Waals surface area contributed by atoms with E-state index in [1.54, 1.807) is 6.33 Å². The lowest BCUT2D eigenvalue weighted by molar-refractivity contribution is -0.134. The lowest BCUT2D eigenvalue weighted by atomic mass is 9.96. The molecule has 1 aromatic heterocycles. The molecule has 3 aliphatic rings. The van der Waals surface area contributed by atoms with Gasteiger partial charge in [-0.1, -0.05) is 30.7 Å². The Kier molecular flexibility index (Phi) is 7.01. The molecule has 1 amide bonds. The van der Waals surface area contributed by atoms with Crippen LogP contribution in [-0.4, -0.2) is 89.8 Å². The van der Waals surface area contributed by atoms with E-state index in [0.717, 1.165) is 35.7 Å². The molecule has 34 heavy (non-hydrogen) atoms. The summed E-state index contributed by atoms with van der Waals surface area (Å²) in [5.74, 6) is 1.05. The number of hydrogen-bond acceptors (Lipinski definition) is 7. The lowest BCUT2D eigenvalue weighted by Gasteiger charge is -2.39. The number of aliphatic hydroxyl groups is 1. The van der Waals surface area contributed by atoms with Crippen molar-refractivity contribution in [2.75, 3.05) is 63.9 Å². The molecule has 0 bridgehead atoms. The first-order chi connectivity index (χ1) is 16.5. The van der Waals surface area contributed by atoms with Crippen LogP contribution in [0.15, 0.2) is 30.6 Å². The lowest BCUT2D eigenvalue weighted by Crippen LogP contribution is -2.52. The predicted molar refractivity (Wildman–Crippen MR) is 130 cm³/mol. The summed E-state index contributed by atoms with van der Waals surface area (Å²) in [6.45, 7) is 8.59. The second-order valence-corrected chi connectivity index (χ2v) is 9.91. The maximum atomic E-state index is 13.7. The minimum Gasteiger partial charge on any atom is -0.387 e. The number of fused-ring (bicyclic) bond motifs is 1. The number of hydrogen-bond donors (Lipinski definition) is 1. The Balaban J connectivity index is 1.30. The van der Waals surface area contributed by atoms with E-state index in [9.17, 15) is 9.90 Å². The molecule has 1 aliphatic carbocycles. The molecule has 182 valence electrons. The molecule has 1 aromatic carbocycles. The average Bonchev–Trinajstić information content (AvgIpc) is 3.17. The second-order valence-electron chi connectivity index (χ2n) is 9.48. The number of morpholine rings is 1. The smallest absolute Gasteiger partial charge is 0.231 e. The SMILES string of the molecule is C[C@@H]1C[C@@H](O)c2ncnc(N3CCN(C(=O)[C@@H](CN4CCOCC4)c4ccc(Cl)cc4)CC3)c21. The molecule has 0 radical (unpaired) electrons. The number of carbonyl (C=O) groups is 1. The number of halogens is 1. The van der Waals surface area contributed by atoms with Crippen LogP contribution in [0, 0.1) is 0 Å². The van der Waals surface area contributed by atoms with Crippen LogP contribution in [0.4, 0.5) is 5.82 Å². The van der Waals surface area contributed by atoms with Crippen LogP contribution in [0.25, 0.3) is 0 Å². The van der Waals surface area contributed by atoms with Crippen molar-refractivity contribution in [1.82, 2.24) is 19.8 Å². The Hall–Kier alpha value is -2.26. The summed E-state index contributed by atoms with van der Waals surface area (Å²) in [6.07, 6.45) is 1.71. The third-order valence-corrected chi connectivity index (χ3v) is 7.54. The minimum atomic E-state index is -0.519. The highest BCUT2D eigenvalue weighted by atomic mass is 35.5. The number of amides is 1. The summed E-state index contributed by atoms with van der Waals surface area (Å²) in [4.78, 5) is 29.2. The normalized spacial score (nSPS) is 24.2. The zero-order chi connectivity index (χ0) is 23.7. The van der Waals surface area contributed by atoms with E-state index in [-0.39, 0.29) is 17.7 Å². The maximum absolute atomic E-state index is 13.7.